The van der Waals surface area contributed by atoms with Gasteiger partial charge in [0.05, 0.1) is 18.6 Å². The van der Waals surface area contributed by atoms with E-state index in [0.717, 1.165) is 37.0 Å². The second-order valence-electron chi connectivity index (χ2n) is 6.39. The molecule has 2 aliphatic rings. The quantitative estimate of drug-likeness (QED) is 0.621. The average Bonchev–Trinajstić information content (AvgIpc) is 2.92. The van der Waals surface area contributed by atoms with E-state index in [1.54, 1.807) is 0 Å². The number of benzene rings is 1. The van der Waals surface area contributed by atoms with E-state index in [2.05, 4.69) is 19.1 Å². The molecule has 1 unspecified atom stereocenters. The summed E-state index contributed by atoms with van der Waals surface area (Å²) < 4.78 is 5.88. The smallest absolute Gasteiger partial charge is 0.225 e. The van der Waals surface area contributed by atoms with Gasteiger partial charge in [-0.25, -0.2) is 0 Å². The highest BCUT2D eigenvalue weighted by atomic mass is 16.5. The Hall–Kier alpha value is -1.81. The van der Waals surface area contributed by atoms with Crippen LogP contribution in [0.5, 0.6) is 5.75 Å². The lowest BCUT2D eigenvalue weighted by molar-refractivity contribution is -0.146. The molecule has 4 nitrogen and oxygen atoms in total. The zero-order valence-electron chi connectivity index (χ0n) is 13.7. The molecule has 2 atom stereocenters. The molecule has 0 spiro atoms. The molecule has 1 aromatic carbocycles. The number of aryl methyl sites for hydroxylation is 1. The molecule has 1 heterocycles. The fourth-order valence-corrected chi connectivity index (χ4v) is 3.25. The van der Waals surface area contributed by atoms with Crippen molar-refractivity contribution in [1.82, 2.24) is 4.90 Å². The standard InChI is InChI=1S/C19H25NO3/c1-2-3-4-5-10-20-15(12-19(20)22)13-23-16-7-8-17-14(11-16)6-9-18(17)21/h4-5,7-8,11,15,18,21H,2-3,6,9-10,12-13H2,1H3/b5-4-/t15-,18?/m1/s1. The Bertz CT molecular complexity index is 596. The highest BCUT2D eigenvalue weighted by molar-refractivity contribution is 5.83. The van der Waals surface area contributed by atoms with Crippen LogP contribution in [0.4, 0.5) is 0 Å². The first-order valence-corrected chi connectivity index (χ1v) is 8.57. The highest BCUT2D eigenvalue weighted by Crippen LogP contribution is 2.33. The number of hydrogen-bond acceptors (Lipinski definition) is 3. The van der Waals surface area contributed by atoms with Crippen molar-refractivity contribution in [3.8, 4) is 5.75 Å². The molecule has 1 aliphatic heterocycles. The number of β-lactam (4-membered cyclic amide) rings is 1. The predicted octanol–water partition coefficient (Wildman–Crippen LogP) is 3.00. The summed E-state index contributed by atoms with van der Waals surface area (Å²) in [5.74, 6) is 1.04. The van der Waals surface area contributed by atoms with Gasteiger partial charge < -0.3 is 14.7 Å². The summed E-state index contributed by atoms with van der Waals surface area (Å²) in [4.78, 5) is 13.6. The third kappa shape index (κ3) is 3.58. The Kier molecular flexibility index (Phi) is 5.01. The van der Waals surface area contributed by atoms with Gasteiger partial charge in [0.25, 0.3) is 0 Å². The molecule has 0 bridgehead atoms. The van der Waals surface area contributed by atoms with Gasteiger partial charge in [-0.1, -0.05) is 31.6 Å². The Morgan fingerprint density at radius 1 is 1.39 bits per heavy atom. The van der Waals surface area contributed by atoms with Gasteiger partial charge in [0, 0.05) is 6.54 Å². The second kappa shape index (κ2) is 7.18. The summed E-state index contributed by atoms with van der Waals surface area (Å²) in [6.07, 6.45) is 8.35. The van der Waals surface area contributed by atoms with Crippen LogP contribution in [0.1, 0.15) is 49.8 Å². The van der Waals surface area contributed by atoms with Gasteiger partial charge in [0.2, 0.25) is 5.91 Å². The number of allylic oxidation sites excluding steroid dienone is 1. The molecule has 23 heavy (non-hydrogen) atoms. The number of aliphatic hydroxyl groups is 1. The van der Waals surface area contributed by atoms with E-state index in [-0.39, 0.29) is 18.1 Å². The van der Waals surface area contributed by atoms with E-state index in [4.69, 9.17) is 4.74 Å². The monoisotopic (exact) mass is 315 g/mol. The summed E-state index contributed by atoms with van der Waals surface area (Å²) in [6.45, 7) is 3.36. The normalized spacial score (nSPS) is 23.2. The van der Waals surface area contributed by atoms with Crippen LogP contribution in [0.3, 0.4) is 0 Å². The molecule has 1 fully saturated rings. The van der Waals surface area contributed by atoms with E-state index < -0.39 is 0 Å². The third-order valence-electron chi connectivity index (χ3n) is 4.70. The maximum absolute atomic E-state index is 11.7. The molecular formula is C19H25NO3. The lowest BCUT2D eigenvalue weighted by atomic mass is 10.0. The summed E-state index contributed by atoms with van der Waals surface area (Å²) in [5.41, 5.74) is 2.21. The molecule has 0 aromatic heterocycles. The fourth-order valence-electron chi connectivity index (χ4n) is 3.25. The van der Waals surface area contributed by atoms with Crippen molar-refractivity contribution in [3.63, 3.8) is 0 Å². The lowest BCUT2D eigenvalue weighted by Crippen LogP contribution is -2.55. The second-order valence-corrected chi connectivity index (χ2v) is 6.39. The number of likely N-dealkylation sites (tertiary alicyclic amines) is 1. The zero-order chi connectivity index (χ0) is 16.2. The van der Waals surface area contributed by atoms with Crippen LogP contribution >= 0.6 is 0 Å². The van der Waals surface area contributed by atoms with Crippen molar-refractivity contribution in [2.45, 2.75) is 51.2 Å². The number of fused-ring (bicyclic) bond motifs is 1. The van der Waals surface area contributed by atoms with Gasteiger partial charge >= 0.3 is 0 Å². The minimum absolute atomic E-state index is 0.174. The first-order chi connectivity index (χ1) is 11.2. The van der Waals surface area contributed by atoms with Gasteiger partial charge in [-0.2, -0.15) is 0 Å². The van der Waals surface area contributed by atoms with Crippen molar-refractivity contribution < 1.29 is 14.6 Å². The van der Waals surface area contributed by atoms with Gasteiger partial charge in [-0.05, 0) is 42.5 Å². The number of aliphatic hydroxyl groups excluding tert-OH is 1. The molecule has 0 radical (unpaired) electrons. The zero-order valence-corrected chi connectivity index (χ0v) is 13.7. The van der Waals surface area contributed by atoms with Crippen LogP contribution in [0.25, 0.3) is 0 Å². The molecule has 1 amide bonds. The van der Waals surface area contributed by atoms with Crippen molar-refractivity contribution in [1.29, 1.82) is 0 Å². The maximum Gasteiger partial charge on any atom is 0.225 e. The van der Waals surface area contributed by atoms with E-state index >= 15 is 0 Å². The summed E-state index contributed by atoms with van der Waals surface area (Å²) >= 11 is 0. The van der Waals surface area contributed by atoms with Crippen LogP contribution in [0.15, 0.2) is 30.4 Å². The number of rotatable bonds is 7. The molecular weight excluding hydrogens is 290 g/mol. The average molecular weight is 315 g/mol. The van der Waals surface area contributed by atoms with E-state index in [9.17, 15) is 9.90 Å². The number of nitrogens with zero attached hydrogens (tertiary/aromatic N) is 1. The van der Waals surface area contributed by atoms with E-state index in [1.165, 1.54) is 5.56 Å². The van der Waals surface area contributed by atoms with Crippen LogP contribution < -0.4 is 4.74 Å². The van der Waals surface area contributed by atoms with Crippen LogP contribution in [-0.2, 0) is 11.2 Å². The number of carbonyl (C=O) groups excluding carboxylic acids is 1. The molecule has 3 rings (SSSR count). The molecule has 124 valence electrons. The lowest BCUT2D eigenvalue weighted by Gasteiger charge is -2.39. The molecule has 4 heteroatoms. The van der Waals surface area contributed by atoms with Gasteiger partial charge in [0.15, 0.2) is 0 Å². The molecule has 1 aliphatic carbocycles. The number of carbonyl (C=O) groups is 1. The van der Waals surface area contributed by atoms with E-state index in [1.807, 2.05) is 23.1 Å². The minimum Gasteiger partial charge on any atom is -0.491 e. The molecule has 1 aromatic rings. The third-order valence-corrected chi connectivity index (χ3v) is 4.70. The van der Waals surface area contributed by atoms with Crippen LogP contribution in [-0.4, -0.2) is 35.1 Å². The molecule has 0 saturated carbocycles. The summed E-state index contributed by atoms with van der Waals surface area (Å²) in [7, 11) is 0. The first kappa shape index (κ1) is 16.1. The van der Waals surface area contributed by atoms with E-state index in [0.29, 0.717) is 19.6 Å². The minimum atomic E-state index is -0.325. The Morgan fingerprint density at radius 2 is 2.26 bits per heavy atom. The summed E-state index contributed by atoms with van der Waals surface area (Å²) in [5, 5.41) is 9.83. The van der Waals surface area contributed by atoms with Crippen molar-refractivity contribution in [3.05, 3.63) is 41.5 Å². The highest BCUT2D eigenvalue weighted by Gasteiger charge is 2.35. The number of ether oxygens (including phenoxy) is 1. The predicted molar refractivity (Wildman–Crippen MR) is 89.4 cm³/mol. The maximum atomic E-state index is 11.7. The molecule has 1 N–H and O–H groups in total. The number of amides is 1. The topological polar surface area (TPSA) is 49.8 Å². The van der Waals surface area contributed by atoms with Gasteiger partial charge in [-0.15, -0.1) is 0 Å². The Labute approximate surface area is 137 Å². The van der Waals surface area contributed by atoms with Crippen molar-refractivity contribution in [2.24, 2.45) is 0 Å². The number of unbranched alkanes of at least 4 members (excludes halogenated alkanes) is 1. The van der Waals surface area contributed by atoms with Crippen LogP contribution in [0, 0.1) is 0 Å². The van der Waals surface area contributed by atoms with Crippen LogP contribution in [0.2, 0.25) is 0 Å². The first-order valence-electron chi connectivity index (χ1n) is 8.57. The Balaban J connectivity index is 1.51. The van der Waals surface area contributed by atoms with Gasteiger partial charge in [0.1, 0.15) is 12.4 Å². The summed E-state index contributed by atoms with van der Waals surface area (Å²) in [6, 6.07) is 6.07. The largest absolute Gasteiger partial charge is 0.491 e. The fraction of sp³-hybridized carbons (Fsp3) is 0.526. The SMILES string of the molecule is CCC/C=C\CN1C(=O)C[C@@H]1COc1ccc2c(c1)CCC2O. The Morgan fingerprint density at radius 3 is 3.04 bits per heavy atom. The van der Waals surface area contributed by atoms with Crippen molar-refractivity contribution >= 4 is 5.91 Å². The molecule has 1 saturated heterocycles. The van der Waals surface area contributed by atoms with Crippen molar-refractivity contribution in [2.75, 3.05) is 13.2 Å². The number of hydrogen-bond donors (Lipinski definition) is 1. The van der Waals surface area contributed by atoms with Gasteiger partial charge in [-0.3, -0.25) is 4.79 Å².